The van der Waals surface area contributed by atoms with Crippen LogP contribution in [0.4, 0.5) is 10.1 Å². The predicted molar refractivity (Wildman–Crippen MR) is 73.1 cm³/mol. The van der Waals surface area contributed by atoms with Gasteiger partial charge in [-0.2, -0.15) is 0 Å². The molecule has 0 aliphatic carbocycles. The van der Waals surface area contributed by atoms with Crippen LogP contribution in [0, 0.1) is 5.82 Å². The highest BCUT2D eigenvalue weighted by Gasteiger charge is 2.22. The van der Waals surface area contributed by atoms with Crippen molar-refractivity contribution in [2.75, 3.05) is 24.1 Å². The van der Waals surface area contributed by atoms with Gasteiger partial charge in [-0.1, -0.05) is 0 Å². The van der Waals surface area contributed by atoms with Crippen LogP contribution in [0.1, 0.15) is 0 Å². The maximum Gasteiger partial charge on any atom is 0.242 e. The average molecular weight is 293 g/mol. The molecule has 4 nitrogen and oxygen atoms in total. The Bertz CT molecular complexity index is 428. The van der Waals surface area contributed by atoms with Gasteiger partial charge in [0.25, 0.3) is 0 Å². The first-order valence-electron chi connectivity index (χ1n) is 5.16. The van der Waals surface area contributed by atoms with Gasteiger partial charge >= 0.3 is 0 Å². The number of anilines is 1. The Morgan fingerprint density at radius 3 is 2.94 bits per heavy atom. The Balaban J connectivity index is 0.00000162. The van der Waals surface area contributed by atoms with Crippen LogP contribution in [0.25, 0.3) is 0 Å². The van der Waals surface area contributed by atoms with E-state index in [-0.39, 0.29) is 30.1 Å². The highest BCUT2D eigenvalue weighted by Crippen LogP contribution is 2.21. The molecule has 1 aliphatic rings. The predicted octanol–water partition coefficient (Wildman–Crippen LogP) is 1.86. The number of ether oxygens (including phenoxy) is 1. The van der Waals surface area contributed by atoms with Gasteiger partial charge in [-0.15, -0.1) is 24.2 Å². The van der Waals surface area contributed by atoms with Crippen LogP contribution >= 0.6 is 24.2 Å². The van der Waals surface area contributed by atoms with Crippen LogP contribution in [0.15, 0.2) is 18.2 Å². The largest absolute Gasteiger partial charge is 0.494 e. The Morgan fingerprint density at radius 2 is 2.39 bits per heavy atom. The summed E-state index contributed by atoms with van der Waals surface area (Å²) in [5.74, 6) is 1.05. The van der Waals surface area contributed by atoms with E-state index in [1.165, 1.54) is 19.2 Å². The highest BCUT2D eigenvalue weighted by atomic mass is 35.5. The van der Waals surface area contributed by atoms with Gasteiger partial charge in [-0.3, -0.25) is 10.1 Å². The van der Waals surface area contributed by atoms with Crippen molar-refractivity contribution in [2.45, 2.75) is 6.04 Å². The van der Waals surface area contributed by atoms with Gasteiger partial charge in [0.2, 0.25) is 5.91 Å². The van der Waals surface area contributed by atoms with Crippen LogP contribution in [0.5, 0.6) is 5.75 Å². The lowest BCUT2D eigenvalue weighted by atomic mass is 10.2. The fourth-order valence-electron chi connectivity index (χ4n) is 1.54. The van der Waals surface area contributed by atoms with Crippen molar-refractivity contribution in [2.24, 2.45) is 0 Å². The van der Waals surface area contributed by atoms with Gasteiger partial charge in [-0.05, 0) is 12.1 Å². The Morgan fingerprint density at radius 1 is 1.61 bits per heavy atom. The third kappa shape index (κ3) is 3.51. The number of nitrogens with one attached hydrogen (secondary N) is 2. The normalized spacial score (nSPS) is 18.0. The van der Waals surface area contributed by atoms with E-state index in [4.69, 9.17) is 4.74 Å². The van der Waals surface area contributed by atoms with Gasteiger partial charge in [0.15, 0.2) is 11.6 Å². The van der Waals surface area contributed by atoms with Gasteiger partial charge in [0.1, 0.15) is 0 Å². The van der Waals surface area contributed by atoms with Crippen molar-refractivity contribution < 1.29 is 13.9 Å². The molecule has 0 bridgehead atoms. The van der Waals surface area contributed by atoms with E-state index < -0.39 is 5.82 Å². The number of carbonyl (C=O) groups excluding carboxylic acids is 1. The van der Waals surface area contributed by atoms with E-state index in [1.807, 2.05) is 0 Å². The summed E-state index contributed by atoms with van der Waals surface area (Å²) >= 11 is 1.66. The molecule has 1 aromatic rings. The van der Waals surface area contributed by atoms with Crippen LogP contribution in [-0.2, 0) is 4.79 Å². The number of halogens is 2. The maximum absolute atomic E-state index is 13.4. The molecule has 2 rings (SSSR count). The average Bonchev–Trinajstić information content (AvgIpc) is 2.82. The number of methoxy groups -OCH3 is 1. The SMILES string of the molecule is COc1ccc(NC(=O)C2CSCN2)cc1F.Cl. The zero-order valence-corrected chi connectivity index (χ0v) is 11.4. The number of thioether (sulfide) groups is 1. The van der Waals surface area contributed by atoms with Crippen molar-refractivity contribution in [3.05, 3.63) is 24.0 Å². The molecular formula is C11H14ClFN2O2S. The van der Waals surface area contributed by atoms with Gasteiger partial charge in [0, 0.05) is 23.4 Å². The molecule has 1 atom stereocenters. The molecule has 1 saturated heterocycles. The summed E-state index contributed by atoms with van der Waals surface area (Å²) in [4.78, 5) is 11.7. The van der Waals surface area contributed by atoms with Crippen LogP contribution < -0.4 is 15.4 Å². The molecule has 1 fully saturated rings. The van der Waals surface area contributed by atoms with Gasteiger partial charge < -0.3 is 10.1 Å². The number of benzene rings is 1. The van der Waals surface area contributed by atoms with Crippen molar-refractivity contribution in [1.29, 1.82) is 0 Å². The van der Waals surface area contributed by atoms with E-state index in [0.717, 1.165) is 11.6 Å². The van der Waals surface area contributed by atoms with E-state index >= 15 is 0 Å². The van der Waals surface area contributed by atoms with Crippen molar-refractivity contribution >= 4 is 35.8 Å². The minimum atomic E-state index is -0.487. The van der Waals surface area contributed by atoms with E-state index in [1.54, 1.807) is 17.8 Å². The van der Waals surface area contributed by atoms with Gasteiger partial charge in [0.05, 0.1) is 13.2 Å². The maximum atomic E-state index is 13.4. The minimum Gasteiger partial charge on any atom is -0.494 e. The lowest BCUT2D eigenvalue weighted by molar-refractivity contribution is -0.117. The topological polar surface area (TPSA) is 50.4 Å². The number of carbonyl (C=O) groups is 1. The van der Waals surface area contributed by atoms with E-state index in [0.29, 0.717) is 5.69 Å². The summed E-state index contributed by atoms with van der Waals surface area (Å²) in [5, 5.41) is 5.71. The lowest BCUT2D eigenvalue weighted by Crippen LogP contribution is -2.37. The third-order valence-electron chi connectivity index (χ3n) is 2.45. The number of hydrogen-bond donors (Lipinski definition) is 2. The molecule has 2 N–H and O–H groups in total. The van der Waals surface area contributed by atoms with Crippen molar-refractivity contribution in [1.82, 2.24) is 5.32 Å². The first-order chi connectivity index (χ1) is 8.20. The first kappa shape index (κ1) is 15.1. The Kier molecular flexibility index (Phi) is 5.71. The highest BCUT2D eigenvalue weighted by molar-refractivity contribution is 7.99. The van der Waals surface area contributed by atoms with Crippen LogP contribution in [-0.4, -0.2) is 30.7 Å². The molecule has 7 heteroatoms. The van der Waals surface area contributed by atoms with Crippen molar-refractivity contribution in [3.63, 3.8) is 0 Å². The Hall–Kier alpha value is -0.980. The first-order valence-corrected chi connectivity index (χ1v) is 6.31. The monoisotopic (exact) mass is 292 g/mol. The quantitative estimate of drug-likeness (QED) is 0.893. The summed E-state index contributed by atoms with van der Waals surface area (Å²) in [6.45, 7) is 0. The molecule has 0 aromatic heterocycles. The second kappa shape index (κ2) is 6.82. The fourth-order valence-corrected chi connectivity index (χ4v) is 2.48. The molecule has 0 radical (unpaired) electrons. The number of amides is 1. The molecule has 1 aromatic carbocycles. The Labute approximate surface area is 115 Å². The van der Waals surface area contributed by atoms with Crippen LogP contribution in [0.2, 0.25) is 0 Å². The molecule has 1 amide bonds. The lowest BCUT2D eigenvalue weighted by Gasteiger charge is -2.11. The summed E-state index contributed by atoms with van der Waals surface area (Å²) in [6.07, 6.45) is 0. The molecule has 100 valence electrons. The molecule has 1 heterocycles. The smallest absolute Gasteiger partial charge is 0.242 e. The van der Waals surface area contributed by atoms with Crippen molar-refractivity contribution in [3.8, 4) is 5.75 Å². The standard InChI is InChI=1S/C11H13FN2O2S.ClH/c1-16-10-3-2-7(4-8(10)12)14-11(15)9-5-17-6-13-9;/h2-4,9,13H,5-6H2,1H3,(H,14,15);1H. The molecule has 0 spiro atoms. The minimum absolute atomic E-state index is 0. The third-order valence-corrected chi connectivity index (χ3v) is 3.39. The molecule has 18 heavy (non-hydrogen) atoms. The second-order valence-corrected chi connectivity index (χ2v) is 4.64. The summed E-state index contributed by atoms with van der Waals surface area (Å²) in [7, 11) is 1.40. The zero-order valence-electron chi connectivity index (χ0n) is 9.73. The molecule has 0 saturated carbocycles. The molecule has 1 aliphatic heterocycles. The van der Waals surface area contributed by atoms with E-state index in [9.17, 15) is 9.18 Å². The summed E-state index contributed by atoms with van der Waals surface area (Å²) in [6, 6.07) is 4.15. The summed E-state index contributed by atoms with van der Waals surface area (Å²) < 4.78 is 18.2. The number of hydrogen-bond acceptors (Lipinski definition) is 4. The molecular weight excluding hydrogens is 279 g/mol. The summed E-state index contributed by atoms with van der Waals surface area (Å²) in [5.41, 5.74) is 0.437. The molecule has 1 unspecified atom stereocenters. The fraction of sp³-hybridized carbons (Fsp3) is 0.364. The van der Waals surface area contributed by atoms with E-state index in [2.05, 4.69) is 10.6 Å². The zero-order chi connectivity index (χ0) is 12.3. The number of rotatable bonds is 3. The second-order valence-electron chi connectivity index (χ2n) is 3.61. The van der Waals surface area contributed by atoms with Gasteiger partial charge in [-0.25, -0.2) is 4.39 Å². The van der Waals surface area contributed by atoms with Crippen LogP contribution in [0.3, 0.4) is 0 Å².